The summed E-state index contributed by atoms with van der Waals surface area (Å²) in [5, 5.41) is 23.2. The fourth-order valence-corrected chi connectivity index (χ4v) is 6.90. The van der Waals surface area contributed by atoms with Crippen LogP contribution in [0.2, 0.25) is 0 Å². The molecule has 17 heteroatoms. The molecular weight excluding hydrogens is 702 g/mol. The molecule has 1 amide bonds. The lowest BCUT2D eigenvalue weighted by atomic mass is 9.76. The maximum Gasteiger partial charge on any atom is 0.333 e. The number of esters is 2. The van der Waals surface area contributed by atoms with Gasteiger partial charge in [0.1, 0.15) is 19.3 Å². The van der Waals surface area contributed by atoms with Gasteiger partial charge in [-0.3, -0.25) is 19.2 Å². The van der Waals surface area contributed by atoms with E-state index in [1.54, 1.807) is 24.6 Å². The van der Waals surface area contributed by atoms with Crippen molar-refractivity contribution in [2.24, 2.45) is 0 Å². The molecule has 17 nitrogen and oxygen atoms in total. The quantitative estimate of drug-likeness (QED) is 0.0905. The average molecular weight is 744 g/mol. The number of benzene rings is 1. The highest BCUT2D eigenvalue weighted by molar-refractivity contribution is 5.94. The van der Waals surface area contributed by atoms with Crippen molar-refractivity contribution in [3.63, 3.8) is 0 Å². The highest BCUT2D eigenvalue weighted by atomic mass is 16.6. The molecule has 54 heavy (non-hydrogen) atoms. The third kappa shape index (κ3) is 8.06. The van der Waals surface area contributed by atoms with E-state index in [1.807, 2.05) is 30.3 Å². The molecule has 0 spiro atoms. The second-order valence-corrected chi connectivity index (χ2v) is 13.2. The lowest BCUT2D eigenvalue weighted by Gasteiger charge is -2.36. The Kier molecular flexibility index (Phi) is 11.6. The standard InChI is InChI=1S/C37H41N7O10/c1-3-37(26-16-29-34-23(14-22-8-4-5-9-27(22)40-34)17-44(29)35(49)25(26)11-12-30(37)45)54-33(48)20-52-19-32(47)53-21-43-18-24(41-42-43)15-31(46)39-13-7-6-10-28(38-2)36(50)51/h4-5,8-9,14,16,18,28,38H,3,6-7,10-13,15,17,19-21H2,1-2H3,(H,39,46)(H,50,51)/t28-,37-/m0/s1. The van der Waals surface area contributed by atoms with E-state index in [1.165, 1.54) is 10.9 Å². The fraction of sp³-hybridized carbons (Fsp3) is 0.432. The van der Waals surface area contributed by atoms with E-state index in [-0.39, 0.29) is 49.7 Å². The van der Waals surface area contributed by atoms with E-state index in [0.29, 0.717) is 60.6 Å². The number of fused-ring (bicyclic) bond motifs is 5. The molecule has 1 aromatic carbocycles. The summed E-state index contributed by atoms with van der Waals surface area (Å²) in [5.41, 5.74) is 1.98. The van der Waals surface area contributed by atoms with Gasteiger partial charge in [-0.2, -0.15) is 0 Å². The zero-order chi connectivity index (χ0) is 38.4. The van der Waals surface area contributed by atoms with Crippen LogP contribution in [-0.2, 0) is 69.9 Å². The number of aliphatic carboxylic acids is 1. The number of para-hydroxylation sites is 1. The number of amides is 1. The Labute approximate surface area is 309 Å². The molecule has 0 radical (unpaired) electrons. The van der Waals surface area contributed by atoms with Crippen LogP contribution in [0, 0.1) is 0 Å². The molecule has 0 bridgehead atoms. The number of nitrogens with zero attached hydrogens (tertiary/aromatic N) is 5. The molecule has 284 valence electrons. The Bertz CT molecular complexity index is 2160. The van der Waals surface area contributed by atoms with Crippen LogP contribution in [0.25, 0.3) is 22.3 Å². The number of pyridine rings is 2. The zero-order valence-electron chi connectivity index (χ0n) is 30.0. The Balaban J connectivity index is 0.989. The molecule has 3 N–H and O–H groups in total. The maximum absolute atomic E-state index is 13.8. The van der Waals surface area contributed by atoms with Crippen LogP contribution in [0.15, 0.2) is 47.4 Å². The highest BCUT2D eigenvalue weighted by Crippen LogP contribution is 2.41. The summed E-state index contributed by atoms with van der Waals surface area (Å²) in [5.74, 6) is -3.25. The Morgan fingerprint density at radius 2 is 1.85 bits per heavy atom. The largest absolute Gasteiger partial charge is 0.480 e. The number of likely N-dealkylation sites (N-methyl/N-ethyl adjacent to an activating group) is 1. The summed E-state index contributed by atoms with van der Waals surface area (Å²) in [7, 11) is 1.58. The van der Waals surface area contributed by atoms with Crippen LogP contribution in [0.5, 0.6) is 0 Å². The number of ether oxygens (including phenoxy) is 3. The molecule has 2 atom stereocenters. The lowest BCUT2D eigenvalue weighted by Crippen LogP contribution is -2.47. The van der Waals surface area contributed by atoms with E-state index in [2.05, 4.69) is 20.9 Å². The minimum absolute atomic E-state index is 0.0212. The van der Waals surface area contributed by atoms with E-state index in [4.69, 9.17) is 24.3 Å². The average Bonchev–Trinajstić information content (AvgIpc) is 3.76. The summed E-state index contributed by atoms with van der Waals surface area (Å²) in [6, 6.07) is 10.8. The van der Waals surface area contributed by atoms with Gasteiger partial charge in [0.05, 0.1) is 41.8 Å². The zero-order valence-corrected chi connectivity index (χ0v) is 30.0. The van der Waals surface area contributed by atoms with Crippen LogP contribution in [0.1, 0.15) is 61.4 Å². The monoisotopic (exact) mass is 743 g/mol. The summed E-state index contributed by atoms with van der Waals surface area (Å²) in [6.07, 6.45) is 3.38. The van der Waals surface area contributed by atoms with Crippen molar-refractivity contribution in [3.8, 4) is 11.4 Å². The molecule has 4 heterocycles. The molecule has 2 aliphatic rings. The van der Waals surface area contributed by atoms with Crippen molar-refractivity contribution in [1.29, 1.82) is 0 Å². The van der Waals surface area contributed by atoms with Gasteiger partial charge in [0.25, 0.3) is 5.56 Å². The fourth-order valence-electron chi connectivity index (χ4n) is 6.90. The topological polar surface area (TPSA) is 223 Å². The third-order valence-corrected chi connectivity index (χ3v) is 9.66. The number of hydrogen-bond donors (Lipinski definition) is 3. The Morgan fingerprint density at radius 1 is 1.06 bits per heavy atom. The van der Waals surface area contributed by atoms with Crippen LogP contribution >= 0.6 is 0 Å². The van der Waals surface area contributed by atoms with Gasteiger partial charge in [0.2, 0.25) is 5.91 Å². The van der Waals surface area contributed by atoms with Crippen molar-refractivity contribution in [2.75, 3.05) is 26.8 Å². The van der Waals surface area contributed by atoms with Gasteiger partial charge in [0, 0.05) is 35.0 Å². The summed E-state index contributed by atoms with van der Waals surface area (Å²) in [4.78, 5) is 80.8. The molecule has 0 saturated carbocycles. The van der Waals surface area contributed by atoms with Crippen LogP contribution in [-0.4, -0.2) is 92.1 Å². The normalized spacial score (nSPS) is 16.3. The lowest BCUT2D eigenvalue weighted by molar-refractivity contribution is -0.176. The molecule has 6 rings (SSSR count). The van der Waals surface area contributed by atoms with E-state index in [0.717, 1.165) is 16.5 Å². The number of hydrogen-bond acceptors (Lipinski definition) is 13. The first kappa shape index (κ1) is 37.9. The van der Waals surface area contributed by atoms with Crippen molar-refractivity contribution >= 4 is 40.5 Å². The van der Waals surface area contributed by atoms with Crippen molar-refractivity contribution < 1.29 is 43.3 Å². The number of carbonyl (C=O) groups is 5. The molecule has 0 fully saturated rings. The Morgan fingerprint density at radius 3 is 2.63 bits per heavy atom. The molecule has 3 aromatic heterocycles. The number of aromatic nitrogens is 5. The SMILES string of the molecule is CC[C@@]1(OC(=O)COCC(=O)OCn2cc(CC(=O)NCCCC[C@H](NC)C(=O)O)nn2)C(=O)CCc2c1cc1n(c2=O)Cc2cc3ccccc3nc2-1. The van der Waals surface area contributed by atoms with Gasteiger partial charge in [0.15, 0.2) is 18.1 Å². The van der Waals surface area contributed by atoms with Gasteiger partial charge >= 0.3 is 17.9 Å². The van der Waals surface area contributed by atoms with Gasteiger partial charge in [-0.25, -0.2) is 19.3 Å². The summed E-state index contributed by atoms with van der Waals surface area (Å²) < 4.78 is 19.1. The number of nitrogens with one attached hydrogen (secondary N) is 2. The molecule has 0 unspecified atom stereocenters. The minimum atomic E-state index is -1.71. The number of carboxylic acid groups (broad SMARTS) is 1. The van der Waals surface area contributed by atoms with Crippen LogP contribution < -0.4 is 16.2 Å². The predicted octanol–water partition coefficient (Wildman–Crippen LogP) is 1.40. The second-order valence-electron chi connectivity index (χ2n) is 13.2. The first-order valence-electron chi connectivity index (χ1n) is 17.7. The first-order chi connectivity index (χ1) is 26.0. The van der Waals surface area contributed by atoms with Gasteiger partial charge < -0.3 is 34.5 Å². The van der Waals surface area contributed by atoms with E-state index < -0.39 is 42.8 Å². The second kappa shape index (κ2) is 16.5. The number of rotatable bonds is 17. The van der Waals surface area contributed by atoms with Gasteiger partial charge in [-0.05, 0) is 57.4 Å². The number of unbranched alkanes of at least 4 members (excludes halogenated alkanes) is 1. The molecule has 4 aromatic rings. The van der Waals surface area contributed by atoms with Gasteiger partial charge in [-0.1, -0.05) is 30.3 Å². The number of carbonyl (C=O) groups excluding carboxylic acids is 4. The molecular formula is C37H41N7O10. The van der Waals surface area contributed by atoms with Crippen molar-refractivity contribution in [1.82, 2.24) is 35.2 Å². The van der Waals surface area contributed by atoms with E-state index >= 15 is 0 Å². The smallest absolute Gasteiger partial charge is 0.333 e. The summed E-state index contributed by atoms with van der Waals surface area (Å²) in [6.45, 7) is 0.850. The molecule has 0 saturated heterocycles. The predicted molar refractivity (Wildman–Crippen MR) is 190 cm³/mol. The van der Waals surface area contributed by atoms with Crippen LogP contribution in [0.4, 0.5) is 0 Å². The molecule has 1 aliphatic heterocycles. The number of ketones is 1. The summed E-state index contributed by atoms with van der Waals surface area (Å²) >= 11 is 0. The first-order valence-corrected chi connectivity index (χ1v) is 17.7. The van der Waals surface area contributed by atoms with Crippen molar-refractivity contribution in [2.45, 2.75) is 76.8 Å². The number of carboxylic acids is 1. The van der Waals surface area contributed by atoms with E-state index in [9.17, 15) is 28.8 Å². The number of Topliss-reactive ketones (excluding diaryl/α,β-unsaturated/α-hetero) is 1. The minimum Gasteiger partial charge on any atom is -0.480 e. The Hall–Kier alpha value is -5.81. The molecule has 1 aliphatic carbocycles. The van der Waals surface area contributed by atoms with Crippen LogP contribution in [0.3, 0.4) is 0 Å². The maximum atomic E-state index is 13.8. The third-order valence-electron chi connectivity index (χ3n) is 9.66. The van der Waals surface area contributed by atoms with Gasteiger partial charge in [-0.15, -0.1) is 5.10 Å². The van der Waals surface area contributed by atoms with Crippen molar-refractivity contribution in [3.05, 3.63) is 75.3 Å². The highest BCUT2D eigenvalue weighted by Gasteiger charge is 2.48.